The van der Waals surface area contributed by atoms with Gasteiger partial charge in [0.1, 0.15) is 12.3 Å². The normalized spacial score (nSPS) is 21.7. The number of aromatic nitrogens is 1. The van der Waals surface area contributed by atoms with E-state index in [9.17, 15) is 14.0 Å². The Bertz CT molecular complexity index is 973. The third kappa shape index (κ3) is 2.47. The van der Waals surface area contributed by atoms with E-state index >= 15 is 0 Å². The van der Waals surface area contributed by atoms with E-state index in [0.717, 1.165) is 12.5 Å². The molecule has 1 saturated heterocycles. The van der Waals surface area contributed by atoms with Gasteiger partial charge in [-0.3, -0.25) is 4.79 Å². The Balaban J connectivity index is 2.01. The average molecular weight is 363 g/mol. The molecule has 2 aromatic rings. The van der Waals surface area contributed by atoms with Crippen LogP contribution in [0.3, 0.4) is 0 Å². The van der Waals surface area contributed by atoms with Gasteiger partial charge in [0.15, 0.2) is 17.3 Å². The fraction of sp³-hybridized carbons (Fsp3) is 0.412. The third-order valence-electron chi connectivity index (χ3n) is 4.85. The summed E-state index contributed by atoms with van der Waals surface area (Å²) >= 11 is 0. The first-order valence-corrected chi connectivity index (χ1v) is 8.32. The minimum absolute atomic E-state index is 0.0232. The van der Waals surface area contributed by atoms with E-state index in [1.165, 1.54) is 6.20 Å². The number of carboxylic acid groups (broad SMARTS) is 1. The summed E-state index contributed by atoms with van der Waals surface area (Å²) in [6.45, 7) is 3.21. The van der Waals surface area contributed by atoms with Crippen LogP contribution in [0, 0.1) is 5.82 Å². The zero-order valence-electron chi connectivity index (χ0n) is 14.1. The second-order valence-corrected chi connectivity index (χ2v) is 6.68. The van der Waals surface area contributed by atoms with E-state index in [2.05, 4.69) is 4.74 Å². The zero-order valence-corrected chi connectivity index (χ0v) is 14.1. The third-order valence-corrected chi connectivity index (χ3v) is 4.85. The van der Waals surface area contributed by atoms with Crippen molar-refractivity contribution in [2.75, 3.05) is 24.6 Å². The van der Waals surface area contributed by atoms with Gasteiger partial charge in [-0.05, 0) is 19.4 Å². The summed E-state index contributed by atoms with van der Waals surface area (Å²) in [7, 11) is 0. The molecule has 1 aromatic carbocycles. The molecule has 0 aliphatic carbocycles. The molecule has 26 heavy (non-hydrogen) atoms. The molecule has 0 bridgehead atoms. The van der Waals surface area contributed by atoms with E-state index < -0.39 is 17.4 Å². The summed E-state index contributed by atoms with van der Waals surface area (Å²) in [5.41, 5.74) is 5.97. The van der Waals surface area contributed by atoms with E-state index in [1.54, 1.807) is 4.57 Å². The molecule has 1 aromatic heterocycles. The minimum atomic E-state index is -1.60. The number of nitrogens with two attached hydrogens (primary N) is 1. The predicted octanol–water partition coefficient (Wildman–Crippen LogP) is 1.69. The first kappa shape index (κ1) is 16.6. The average Bonchev–Trinajstić information content (AvgIpc) is 2.99. The van der Waals surface area contributed by atoms with Crippen LogP contribution in [0.15, 0.2) is 17.1 Å². The quantitative estimate of drug-likeness (QED) is 0.782. The second-order valence-electron chi connectivity index (χ2n) is 6.68. The molecule has 2 aliphatic rings. The molecule has 0 amide bonds. The Morgan fingerprint density at radius 2 is 2.27 bits per heavy atom. The number of halogens is 1. The summed E-state index contributed by atoms with van der Waals surface area (Å²) in [5.74, 6) is -0.682. The SMILES string of the molecule is CC1COc2c(N3CCC(N)C3)c(F)cc3c(=O)c(OC(=O)O)cn1c23. The van der Waals surface area contributed by atoms with Gasteiger partial charge in [-0.15, -0.1) is 0 Å². The topological polar surface area (TPSA) is 107 Å². The smallest absolute Gasteiger partial charge is 0.487 e. The van der Waals surface area contributed by atoms with E-state index in [1.807, 2.05) is 11.8 Å². The lowest BCUT2D eigenvalue weighted by atomic mass is 10.1. The van der Waals surface area contributed by atoms with E-state index in [-0.39, 0.29) is 41.3 Å². The molecule has 3 N–H and O–H groups in total. The monoisotopic (exact) mass is 363 g/mol. The Labute approximate surface area is 147 Å². The first-order valence-electron chi connectivity index (χ1n) is 8.32. The molecule has 4 rings (SSSR count). The van der Waals surface area contributed by atoms with Crippen LogP contribution in [0.1, 0.15) is 19.4 Å². The van der Waals surface area contributed by atoms with Crippen LogP contribution in [-0.4, -0.2) is 41.6 Å². The minimum Gasteiger partial charge on any atom is -0.487 e. The van der Waals surface area contributed by atoms with Crippen LogP contribution in [-0.2, 0) is 0 Å². The Kier molecular flexibility index (Phi) is 3.76. The number of carbonyl (C=O) groups is 1. The summed E-state index contributed by atoms with van der Waals surface area (Å²) in [5, 5.41) is 8.86. The van der Waals surface area contributed by atoms with Crippen LogP contribution in [0.25, 0.3) is 10.9 Å². The van der Waals surface area contributed by atoms with E-state index in [4.69, 9.17) is 15.6 Å². The van der Waals surface area contributed by atoms with Crippen molar-refractivity contribution < 1.29 is 23.8 Å². The van der Waals surface area contributed by atoms with Crippen molar-refractivity contribution in [1.29, 1.82) is 0 Å². The molecule has 2 atom stereocenters. The Morgan fingerprint density at radius 1 is 1.50 bits per heavy atom. The lowest BCUT2D eigenvalue weighted by Gasteiger charge is -2.31. The van der Waals surface area contributed by atoms with Crippen LogP contribution < -0.4 is 25.5 Å². The number of anilines is 1. The van der Waals surface area contributed by atoms with Crippen molar-refractivity contribution in [2.24, 2.45) is 5.73 Å². The highest BCUT2D eigenvalue weighted by Crippen LogP contribution is 2.43. The number of rotatable bonds is 2. The molecule has 3 heterocycles. The number of pyridine rings is 1. The highest BCUT2D eigenvalue weighted by atomic mass is 19.1. The van der Waals surface area contributed by atoms with Crippen molar-refractivity contribution >= 4 is 22.7 Å². The zero-order chi connectivity index (χ0) is 18.6. The van der Waals surface area contributed by atoms with Gasteiger partial charge in [0.2, 0.25) is 5.43 Å². The molecule has 0 radical (unpaired) electrons. The maximum absolute atomic E-state index is 14.9. The van der Waals surface area contributed by atoms with Crippen molar-refractivity contribution in [3.63, 3.8) is 0 Å². The molecule has 9 heteroatoms. The van der Waals surface area contributed by atoms with Crippen molar-refractivity contribution in [3.05, 3.63) is 28.3 Å². The molecule has 138 valence electrons. The second kappa shape index (κ2) is 5.87. The van der Waals surface area contributed by atoms with Gasteiger partial charge in [-0.25, -0.2) is 9.18 Å². The highest BCUT2D eigenvalue weighted by molar-refractivity contribution is 5.93. The molecular weight excluding hydrogens is 345 g/mol. The number of ether oxygens (including phenoxy) is 2. The molecular formula is C17H18FN3O5. The van der Waals surface area contributed by atoms with Crippen molar-refractivity contribution in [2.45, 2.75) is 25.4 Å². The number of nitrogens with zero attached hydrogens (tertiary/aromatic N) is 2. The Hall–Kier alpha value is -2.81. The van der Waals surface area contributed by atoms with E-state index in [0.29, 0.717) is 18.6 Å². The summed E-state index contributed by atoms with van der Waals surface area (Å²) in [4.78, 5) is 25.3. The molecule has 0 spiro atoms. The molecule has 2 aliphatic heterocycles. The van der Waals surface area contributed by atoms with Crippen molar-refractivity contribution in [3.8, 4) is 11.5 Å². The lowest BCUT2D eigenvalue weighted by molar-refractivity contribution is 0.143. The summed E-state index contributed by atoms with van der Waals surface area (Å²) in [6.07, 6.45) is 0.482. The fourth-order valence-electron chi connectivity index (χ4n) is 3.64. The highest BCUT2D eigenvalue weighted by Gasteiger charge is 2.32. The van der Waals surface area contributed by atoms with Crippen molar-refractivity contribution in [1.82, 2.24) is 4.57 Å². The molecule has 2 unspecified atom stereocenters. The van der Waals surface area contributed by atoms with Crippen LogP contribution in [0.5, 0.6) is 11.5 Å². The number of hydrogen-bond donors (Lipinski definition) is 2. The predicted molar refractivity (Wildman–Crippen MR) is 91.8 cm³/mol. The van der Waals surface area contributed by atoms with Gasteiger partial charge in [0.25, 0.3) is 0 Å². The van der Waals surface area contributed by atoms with Gasteiger partial charge in [-0.2, -0.15) is 0 Å². The van der Waals surface area contributed by atoms with Gasteiger partial charge >= 0.3 is 6.16 Å². The molecule has 1 fully saturated rings. The van der Waals surface area contributed by atoms with Gasteiger partial charge in [0, 0.05) is 19.1 Å². The van der Waals surface area contributed by atoms with Gasteiger partial charge < -0.3 is 29.8 Å². The van der Waals surface area contributed by atoms with Crippen LogP contribution in [0.2, 0.25) is 0 Å². The summed E-state index contributed by atoms with van der Waals surface area (Å²) < 4.78 is 27.0. The standard InChI is InChI=1S/C17H18FN3O5/c1-8-7-25-16-13-10(15(22)12(6-21(8)13)26-17(23)24)4-11(18)14(16)20-3-2-9(19)5-20/h4,6,8-9H,2-3,5,7,19H2,1H3,(H,23,24). The first-order chi connectivity index (χ1) is 12.4. The summed E-state index contributed by atoms with van der Waals surface area (Å²) in [6, 6.07) is 0.890. The Morgan fingerprint density at radius 3 is 2.92 bits per heavy atom. The number of benzene rings is 1. The fourth-order valence-corrected chi connectivity index (χ4v) is 3.64. The number of hydrogen-bond acceptors (Lipinski definition) is 6. The van der Waals surface area contributed by atoms with Crippen LogP contribution >= 0.6 is 0 Å². The largest absolute Gasteiger partial charge is 0.511 e. The lowest BCUT2D eigenvalue weighted by Crippen LogP contribution is -2.30. The molecule has 8 nitrogen and oxygen atoms in total. The van der Waals surface area contributed by atoms with Crippen LogP contribution in [0.4, 0.5) is 14.9 Å². The molecule has 0 saturated carbocycles. The maximum atomic E-state index is 14.9. The van der Waals surface area contributed by atoms with Gasteiger partial charge in [0.05, 0.1) is 23.1 Å². The van der Waals surface area contributed by atoms with Gasteiger partial charge in [-0.1, -0.05) is 0 Å². The maximum Gasteiger partial charge on any atom is 0.511 e.